The molecule has 0 aliphatic rings. The second-order valence-corrected chi connectivity index (χ2v) is 6.53. The lowest BCUT2D eigenvalue weighted by Crippen LogP contribution is -2.12. The Hall–Kier alpha value is -0.490. The summed E-state index contributed by atoms with van der Waals surface area (Å²) in [5.41, 5.74) is 2.97. The average molecular weight is 253 g/mol. The first-order chi connectivity index (χ1) is 7.86. The van der Waals surface area contributed by atoms with E-state index >= 15 is 0 Å². The van der Waals surface area contributed by atoms with Gasteiger partial charge in [-0.1, -0.05) is 65.3 Å². The lowest BCUT2D eigenvalue weighted by Gasteiger charge is -2.22. The Bertz CT molecular complexity index is 332. The van der Waals surface area contributed by atoms with Crippen molar-refractivity contribution in [1.82, 2.24) is 0 Å². The minimum absolute atomic E-state index is 0.228. The highest BCUT2D eigenvalue weighted by atomic mass is 35.5. The fourth-order valence-corrected chi connectivity index (χ4v) is 2.38. The molecule has 0 nitrogen and oxygen atoms in total. The maximum absolute atomic E-state index is 6.40. The van der Waals surface area contributed by atoms with Gasteiger partial charge in [-0.2, -0.15) is 0 Å². The van der Waals surface area contributed by atoms with Gasteiger partial charge in [0.2, 0.25) is 0 Å². The average Bonchev–Trinajstić information content (AvgIpc) is 2.27. The first kappa shape index (κ1) is 14.6. The van der Waals surface area contributed by atoms with E-state index in [0.717, 1.165) is 12.8 Å². The summed E-state index contributed by atoms with van der Waals surface area (Å²) in [7, 11) is 0. The molecule has 0 radical (unpaired) electrons. The quantitative estimate of drug-likeness (QED) is 0.621. The van der Waals surface area contributed by atoms with Gasteiger partial charge in [0.1, 0.15) is 0 Å². The van der Waals surface area contributed by atoms with Crippen molar-refractivity contribution in [2.24, 2.45) is 0 Å². The molecule has 17 heavy (non-hydrogen) atoms. The fourth-order valence-electron chi connectivity index (χ4n) is 2.02. The number of rotatable bonds is 4. The van der Waals surface area contributed by atoms with Crippen LogP contribution in [0.3, 0.4) is 0 Å². The molecule has 0 aliphatic heterocycles. The highest BCUT2D eigenvalue weighted by molar-refractivity contribution is 6.21. The van der Waals surface area contributed by atoms with Crippen molar-refractivity contribution in [3.63, 3.8) is 0 Å². The van der Waals surface area contributed by atoms with E-state index in [1.54, 1.807) is 0 Å². The van der Waals surface area contributed by atoms with E-state index in [-0.39, 0.29) is 10.8 Å². The number of hydrogen-bond donors (Lipinski definition) is 0. The van der Waals surface area contributed by atoms with Gasteiger partial charge in [-0.15, -0.1) is 11.6 Å². The zero-order valence-electron chi connectivity index (χ0n) is 11.8. The normalized spacial score (nSPS) is 15.6. The van der Waals surface area contributed by atoms with Gasteiger partial charge in [-0.25, -0.2) is 0 Å². The van der Waals surface area contributed by atoms with Crippen LogP contribution in [0.1, 0.15) is 64.5 Å². The molecule has 0 aliphatic carbocycles. The van der Waals surface area contributed by atoms with E-state index in [1.165, 1.54) is 11.1 Å². The fraction of sp³-hybridized carbons (Fsp3) is 0.625. The summed E-state index contributed by atoms with van der Waals surface area (Å²) in [5.74, 6) is 0.436. The molecule has 1 aromatic rings. The summed E-state index contributed by atoms with van der Waals surface area (Å²) < 4.78 is 0. The number of hydrogen-bond acceptors (Lipinski definition) is 0. The summed E-state index contributed by atoms with van der Waals surface area (Å²) >= 11 is 6.40. The van der Waals surface area contributed by atoms with Crippen molar-refractivity contribution in [3.05, 3.63) is 35.4 Å². The summed E-state index contributed by atoms with van der Waals surface area (Å²) in [6.45, 7) is 11.1. The van der Waals surface area contributed by atoms with E-state index < -0.39 is 0 Å². The molecular formula is C16H25Cl. The predicted octanol–water partition coefficient (Wildman–Crippen LogP) is 5.50. The van der Waals surface area contributed by atoms with E-state index in [2.05, 4.69) is 58.9 Å². The van der Waals surface area contributed by atoms with Gasteiger partial charge in [-0.05, 0) is 28.9 Å². The maximum Gasteiger partial charge on any atom is 0.0401 e. The zero-order chi connectivity index (χ0) is 13.1. The van der Waals surface area contributed by atoms with Crippen LogP contribution in [-0.4, -0.2) is 5.38 Å². The van der Waals surface area contributed by atoms with Crippen LogP contribution in [0.5, 0.6) is 0 Å². The van der Waals surface area contributed by atoms with Crippen LogP contribution in [0.25, 0.3) is 0 Å². The molecule has 1 aromatic carbocycles. The van der Waals surface area contributed by atoms with E-state index in [9.17, 15) is 0 Å². The molecule has 0 fully saturated rings. The van der Waals surface area contributed by atoms with Crippen molar-refractivity contribution >= 4 is 11.6 Å². The first-order valence-electron chi connectivity index (χ1n) is 6.60. The second kappa shape index (κ2) is 5.91. The van der Waals surface area contributed by atoms with Gasteiger partial charge in [0.25, 0.3) is 0 Å². The summed E-state index contributed by atoms with van der Waals surface area (Å²) in [5, 5.41) is 0.250. The second-order valence-electron chi connectivity index (χ2n) is 5.97. The Morgan fingerprint density at radius 3 is 2.06 bits per heavy atom. The van der Waals surface area contributed by atoms with Crippen LogP contribution in [0.15, 0.2) is 24.3 Å². The molecule has 0 saturated heterocycles. The van der Waals surface area contributed by atoms with Crippen molar-refractivity contribution < 1.29 is 0 Å². The molecule has 0 N–H and O–H groups in total. The Balaban J connectivity index is 2.80. The Kier molecular flexibility index (Phi) is 5.06. The number of halogens is 1. The molecule has 2 unspecified atom stereocenters. The van der Waals surface area contributed by atoms with Crippen LogP contribution in [-0.2, 0) is 5.41 Å². The van der Waals surface area contributed by atoms with E-state index in [1.807, 2.05) is 0 Å². The topological polar surface area (TPSA) is 0 Å². The molecule has 0 amide bonds. The molecule has 0 heterocycles. The molecular weight excluding hydrogens is 228 g/mol. The zero-order valence-corrected chi connectivity index (χ0v) is 12.5. The van der Waals surface area contributed by atoms with Crippen LogP contribution in [0.2, 0.25) is 0 Å². The van der Waals surface area contributed by atoms with Gasteiger partial charge in [0, 0.05) is 5.38 Å². The van der Waals surface area contributed by atoms with Gasteiger partial charge < -0.3 is 0 Å². The largest absolute Gasteiger partial charge is 0.122 e. The van der Waals surface area contributed by atoms with E-state index in [4.69, 9.17) is 11.6 Å². The summed E-state index contributed by atoms with van der Waals surface area (Å²) in [4.78, 5) is 0. The highest BCUT2D eigenvalue weighted by Gasteiger charge is 2.17. The Labute approximate surface area is 111 Å². The summed E-state index contributed by atoms with van der Waals surface area (Å²) in [6, 6.07) is 8.94. The lowest BCUT2D eigenvalue weighted by atomic mass is 9.85. The van der Waals surface area contributed by atoms with Crippen molar-refractivity contribution in [2.45, 2.75) is 64.2 Å². The third-order valence-corrected chi connectivity index (χ3v) is 4.01. The first-order valence-corrected chi connectivity index (χ1v) is 7.04. The van der Waals surface area contributed by atoms with Gasteiger partial charge in [0.15, 0.2) is 0 Å². The lowest BCUT2D eigenvalue weighted by molar-refractivity contribution is 0.588. The number of alkyl halides is 1. The molecule has 0 spiro atoms. The smallest absolute Gasteiger partial charge is 0.0401 e. The van der Waals surface area contributed by atoms with Crippen LogP contribution < -0.4 is 0 Å². The van der Waals surface area contributed by atoms with Crippen molar-refractivity contribution in [1.29, 1.82) is 0 Å². The van der Waals surface area contributed by atoms with Crippen LogP contribution in [0.4, 0.5) is 0 Å². The summed E-state index contributed by atoms with van der Waals surface area (Å²) in [6.07, 6.45) is 2.24. The van der Waals surface area contributed by atoms with Crippen LogP contribution >= 0.6 is 11.6 Å². The molecule has 96 valence electrons. The molecule has 2 atom stereocenters. The minimum Gasteiger partial charge on any atom is -0.122 e. The molecule has 0 aromatic heterocycles. The Morgan fingerprint density at radius 1 is 1.12 bits per heavy atom. The standard InChI is InChI=1S/C16H25Cl/c1-6-7-15(17)12(2)13-8-10-14(11-9-13)16(3,4)5/h8-12,15H,6-7H2,1-5H3. The van der Waals surface area contributed by atoms with Gasteiger partial charge in [0.05, 0.1) is 0 Å². The molecule has 0 saturated carbocycles. The van der Waals surface area contributed by atoms with Crippen LogP contribution in [0, 0.1) is 0 Å². The molecule has 1 rings (SSSR count). The maximum atomic E-state index is 6.40. The minimum atomic E-state index is 0.228. The number of benzene rings is 1. The van der Waals surface area contributed by atoms with Gasteiger partial charge >= 0.3 is 0 Å². The van der Waals surface area contributed by atoms with E-state index in [0.29, 0.717) is 5.92 Å². The third kappa shape index (κ3) is 4.03. The molecule has 1 heteroatoms. The van der Waals surface area contributed by atoms with Gasteiger partial charge in [-0.3, -0.25) is 0 Å². The third-order valence-electron chi connectivity index (χ3n) is 3.41. The Morgan fingerprint density at radius 2 is 1.65 bits per heavy atom. The monoisotopic (exact) mass is 252 g/mol. The highest BCUT2D eigenvalue weighted by Crippen LogP contribution is 2.29. The van der Waals surface area contributed by atoms with Crippen molar-refractivity contribution in [2.75, 3.05) is 0 Å². The molecule has 0 bridgehead atoms. The van der Waals surface area contributed by atoms with Crippen molar-refractivity contribution in [3.8, 4) is 0 Å². The SMILES string of the molecule is CCCC(Cl)C(C)c1ccc(C(C)(C)C)cc1. The predicted molar refractivity (Wildman–Crippen MR) is 78.1 cm³/mol.